The molecule has 0 saturated carbocycles. The van der Waals surface area contributed by atoms with E-state index in [9.17, 15) is 0 Å². The molecule has 3 aromatic rings. The number of rotatable bonds is 12. The average Bonchev–Trinajstić information content (AvgIpc) is 2.88. The Morgan fingerprint density at radius 1 is 1.06 bits per heavy atom. The zero-order chi connectivity index (χ0) is 25.5. The van der Waals surface area contributed by atoms with E-state index >= 15 is 0 Å². The third kappa shape index (κ3) is 9.23. The molecule has 0 amide bonds. The summed E-state index contributed by atoms with van der Waals surface area (Å²) >= 11 is 0. The Morgan fingerprint density at radius 2 is 1.83 bits per heavy atom. The van der Waals surface area contributed by atoms with Crippen LogP contribution < -0.4 is 20.8 Å². The molecular weight excluding hydrogens is 438 g/mol. The van der Waals surface area contributed by atoms with Gasteiger partial charge in [0.05, 0.1) is 29.9 Å². The second-order valence-corrected chi connectivity index (χ2v) is 7.80. The van der Waals surface area contributed by atoms with Crippen molar-refractivity contribution in [1.29, 1.82) is 0 Å². The number of nitrogens with one attached hydrogen (secondary N) is 1. The fourth-order valence-corrected chi connectivity index (χ4v) is 3.33. The minimum Gasteiger partial charge on any atom is -0.463 e. The molecule has 0 spiro atoms. The summed E-state index contributed by atoms with van der Waals surface area (Å²) in [6.45, 7) is 12.6. The number of hydrogen-bond acceptors (Lipinski definition) is 8. The second kappa shape index (κ2) is 15.3. The first-order valence-electron chi connectivity index (χ1n) is 12.4. The van der Waals surface area contributed by atoms with Gasteiger partial charge >= 0.3 is 6.01 Å². The summed E-state index contributed by atoms with van der Waals surface area (Å²) in [4.78, 5) is 15.8. The molecule has 0 aliphatic heterocycles. The van der Waals surface area contributed by atoms with Crippen molar-refractivity contribution in [3.63, 3.8) is 0 Å². The lowest BCUT2D eigenvalue weighted by atomic mass is 10.2. The highest BCUT2D eigenvalue weighted by molar-refractivity contribution is 5.80. The molecule has 3 N–H and O–H groups in total. The first-order valence-corrected chi connectivity index (χ1v) is 12.4. The van der Waals surface area contributed by atoms with Crippen LogP contribution in [0.25, 0.3) is 0 Å². The lowest BCUT2D eigenvalue weighted by Crippen LogP contribution is -2.26. The summed E-state index contributed by atoms with van der Waals surface area (Å²) in [5.74, 6) is 0.832. The van der Waals surface area contributed by atoms with Crippen molar-refractivity contribution in [2.75, 3.05) is 35.8 Å². The van der Waals surface area contributed by atoms with Crippen molar-refractivity contribution >= 4 is 23.4 Å². The van der Waals surface area contributed by atoms with Gasteiger partial charge in [0.1, 0.15) is 5.82 Å². The van der Waals surface area contributed by atoms with Crippen molar-refractivity contribution in [1.82, 2.24) is 15.0 Å². The third-order valence-corrected chi connectivity index (χ3v) is 4.93. The second-order valence-electron chi connectivity index (χ2n) is 7.80. The molecule has 8 nitrogen and oxygen atoms in total. The van der Waals surface area contributed by atoms with Crippen LogP contribution in [0.5, 0.6) is 6.01 Å². The molecule has 0 bridgehead atoms. The van der Waals surface area contributed by atoms with E-state index < -0.39 is 0 Å². The van der Waals surface area contributed by atoms with Gasteiger partial charge < -0.3 is 15.4 Å². The molecule has 0 saturated heterocycles. The number of aromatic nitrogens is 3. The van der Waals surface area contributed by atoms with E-state index in [1.165, 1.54) is 0 Å². The minimum absolute atomic E-state index is 0.331. The Kier molecular flexibility index (Phi) is 12.0. The number of nitrogen functional groups attached to an aromatic ring is 1. The van der Waals surface area contributed by atoms with E-state index in [0.717, 1.165) is 48.7 Å². The Labute approximate surface area is 209 Å². The van der Waals surface area contributed by atoms with Gasteiger partial charge in [-0.15, -0.1) is 0 Å². The van der Waals surface area contributed by atoms with Crippen molar-refractivity contribution in [3.05, 3.63) is 65.6 Å². The van der Waals surface area contributed by atoms with E-state index in [2.05, 4.69) is 44.2 Å². The number of hydrogen-bond donors (Lipinski definition) is 2. The molecule has 0 aliphatic rings. The normalized spacial score (nSPS) is 10.5. The largest absolute Gasteiger partial charge is 0.463 e. The highest BCUT2D eigenvalue weighted by Gasteiger charge is 2.11. The monoisotopic (exact) mass is 477 g/mol. The first-order chi connectivity index (χ1) is 17.1. The molecule has 2 aromatic heterocycles. The zero-order valence-corrected chi connectivity index (χ0v) is 21.7. The van der Waals surface area contributed by atoms with E-state index in [1.807, 2.05) is 63.2 Å². The molecule has 0 atom stereocenters. The number of hydrazone groups is 1. The van der Waals surface area contributed by atoms with Gasteiger partial charge in [-0.3, -0.25) is 10.4 Å². The minimum atomic E-state index is 0.331. The van der Waals surface area contributed by atoms with Crippen LogP contribution in [0.1, 0.15) is 57.5 Å². The van der Waals surface area contributed by atoms with Crippen LogP contribution in [0, 0.1) is 6.92 Å². The molecule has 0 unspecified atom stereocenters. The van der Waals surface area contributed by atoms with Gasteiger partial charge in [-0.2, -0.15) is 15.1 Å². The molecule has 1 aromatic carbocycles. The van der Waals surface area contributed by atoms with Gasteiger partial charge in [0.25, 0.3) is 0 Å². The summed E-state index contributed by atoms with van der Waals surface area (Å²) in [5, 5.41) is 4.35. The van der Waals surface area contributed by atoms with Gasteiger partial charge in [0, 0.05) is 37.5 Å². The van der Waals surface area contributed by atoms with Crippen LogP contribution in [-0.4, -0.2) is 40.9 Å². The maximum absolute atomic E-state index is 6.03. The first kappa shape index (κ1) is 27.6. The van der Waals surface area contributed by atoms with Crippen molar-refractivity contribution in [3.8, 4) is 6.01 Å². The van der Waals surface area contributed by atoms with E-state index in [1.54, 1.807) is 12.4 Å². The number of pyridine rings is 1. The topological polar surface area (TPSA) is 102 Å². The Morgan fingerprint density at radius 3 is 2.51 bits per heavy atom. The molecule has 0 fully saturated rings. The Bertz CT molecular complexity index is 1030. The number of benzene rings is 1. The standard InChI is InChI=1S/C25H33N7O.C2H6/c1-4-13-32(14-5-2)24-17-21(18-28-31-23-16-19(3)9-10-22(23)26)29-25(30-24)33-15-11-20-8-6-7-12-27-20;1-2/h6-10,12,16-18,31H,4-5,11,13-15,26H2,1-3H3;1-2H3/b28-18+;. The summed E-state index contributed by atoms with van der Waals surface area (Å²) in [6.07, 6.45) is 6.17. The van der Waals surface area contributed by atoms with E-state index in [0.29, 0.717) is 30.4 Å². The average molecular weight is 478 g/mol. The van der Waals surface area contributed by atoms with Gasteiger partial charge in [-0.05, 0) is 49.6 Å². The third-order valence-electron chi connectivity index (χ3n) is 4.93. The lowest BCUT2D eigenvalue weighted by Gasteiger charge is -2.23. The fraction of sp³-hybridized carbons (Fsp3) is 0.407. The lowest BCUT2D eigenvalue weighted by molar-refractivity contribution is 0.295. The predicted molar refractivity (Wildman–Crippen MR) is 146 cm³/mol. The zero-order valence-electron chi connectivity index (χ0n) is 21.7. The summed E-state index contributed by atoms with van der Waals surface area (Å²) < 4.78 is 5.91. The Hall–Kier alpha value is -3.68. The van der Waals surface area contributed by atoms with Gasteiger partial charge in [-0.25, -0.2) is 0 Å². The van der Waals surface area contributed by atoms with Crippen LogP contribution in [-0.2, 0) is 6.42 Å². The number of nitrogens with zero attached hydrogens (tertiary/aromatic N) is 5. The molecule has 8 heteroatoms. The predicted octanol–water partition coefficient (Wildman–Crippen LogP) is 5.48. The van der Waals surface area contributed by atoms with Crippen LogP contribution in [0.3, 0.4) is 0 Å². The van der Waals surface area contributed by atoms with E-state index in [4.69, 9.17) is 10.5 Å². The van der Waals surface area contributed by atoms with Crippen molar-refractivity contribution < 1.29 is 4.74 Å². The van der Waals surface area contributed by atoms with Gasteiger partial charge in [0.2, 0.25) is 0 Å². The molecule has 188 valence electrons. The van der Waals surface area contributed by atoms with Gasteiger partial charge in [0.15, 0.2) is 0 Å². The summed E-state index contributed by atoms with van der Waals surface area (Å²) in [6, 6.07) is 13.9. The SMILES string of the molecule is CC.CCCN(CCC)c1cc(/C=N/Nc2cc(C)ccc2N)nc(OCCc2ccccn2)n1. The van der Waals surface area contributed by atoms with E-state index in [-0.39, 0.29) is 0 Å². The maximum atomic E-state index is 6.03. The summed E-state index contributed by atoms with van der Waals surface area (Å²) in [7, 11) is 0. The van der Waals surface area contributed by atoms with Crippen molar-refractivity contribution in [2.24, 2.45) is 5.10 Å². The smallest absolute Gasteiger partial charge is 0.318 e. The summed E-state index contributed by atoms with van der Waals surface area (Å²) in [5.41, 5.74) is 13.2. The highest BCUT2D eigenvalue weighted by atomic mass is 16.5. The molecule has 0 aliphatic carbocycles. The fourth-order valence-electron chi connectivity index (χ4n) is 3.33. The highest BCUT2D eigenvalue weighted by Crippen LogP contribution is 2.20. The van der Waals surface area contributed by atoms with Crippen LogP contribution >= 0.6 is 0 Å². The van der Waals surface area contributed by atoms with Crippen LogP contribution in [0.4, 0.5) is 17.2 Å². The molecular formula is C27H39N7O. The van der Waals surface area contributed by atoms with Crippen LogP contribution in [0.15, 0.2) is 53.8 Å². The van der Waals surface area contributed by atoms with Crippen molar-refractivity contribution in [2.45, 2.75) is 53.9 Å². The Balaban J connectivity index is 0.00000210. The van der Waals surface area contributed by atoms with Gasteiger partial charge in [-0.1, -0.05) is 39.8 Å². The number of aryl methyl sites for hydroxylation is 1. The maximum Gasteiger partial charge on any atom is 0.318 e. The van der Waals surface area contributed by atoms with Crippen LogP contribution in [0.2, 0.25) is 0 Å². The number of nitrogens with two attached hydrogens (primary N) is 1. The number of anilines is 3. The quantitative estimate of drug-likeness (QED) is 0.202. The number of ether oxygens (including phenoxy) is 1. The molecule has 2 heterocycles. The molecule has 0 radical (unpaired) electrons. The molecule has 3 rings (SSSR count). The molecule has 35 heavy (non-hydrogen) atoms.